The maximum absolute atomic E-state index is 13.0. The summed E-state index contributed by atoms with van der Waals surface area (Å²) in [5.41, 5.74) is 0. The topological polar surface area (TPSA) is 169 Å². The molecule has 0 aromatic rings. The van der Waals surface area contributed by atoms with Gasteiger partial charge in [0.05, 0.1) is 25.4 Å². The molecule has 1 aliphatic heterocycles. The van der Waals surface area contributed by atoms with Crippen molar-refractivity contribution >= 4 is 5.91 Å². The number of ether oxygens (including phenoxy) is 2. The Balaban J connectivity index is 2.36. The molecule has 10 heteroatoms. The molecule has 0 unspecified atom stereocenters. The van der Waals surface area contributed by atoms with Crippen molar-refractivity contribution in [3.05, 3.63) is 48.6 Å². The van der Waals surface area contributed by atoms with E-state index in [4.69, 9.17) is 9.47 Å². The Kier molecular flexibility index (Phi) is 37.3. The maximum atomic E-state index is 13.0. The van der Waals surface area contributed by atoms with Crippen LogP contribution in [0.3, 0.4) is 0 Å². The van der Waals surface area contributed by atoms with Gasteiger partial charge in [-0.05, 0) is 57.8 Å². The molecule has 0 saturated carbocycles. The molecule has 60 heavy (non-hydrogen) atoms. The summed E-state index contributed by atoms with van der Waals surface area (Å²) in [6.07, 6.45) is 40.6. The van der Waals surface area contributed by atoms with Gasteiger partial charge in [0.25, 0.3) is 0 Å². The van der Waals surface area contributed by atoms with E-state index in [0.717, 1.165) is 32.1 Å². The van der Waals surface area contributed by atoms with Crippen molar-refractivity contribution in [2.75, 3.05) is 13.2 Å². The molecule has 0 radical (unpaired) electrons. The fourth-order valence-corrected chi connectivity index (χ4v) is 7.46. The minimum absolute atomic E-state index is 0.298. The quantitative estimate of drug-likeness (QED) is 0.0180. The van der Waals surface area contributed by atoms with Gasteiger partial charge in [0.15, 0.2) is 6.29 Å². The summed E-state index contributed by atoms with van der Waals surface area (Å²) in [6.45, 7) is 3.55. The Labute approximate surface area is 366 Å². The van der Waals surface area contributed by atoms with Crippen molar-refractivity contribution in [2.24, 2.45) is 0 Å². The highest BCUT2D eigenvalue weighted by molar-refractivity contribution is 5.80. The second kappa shape index (κ2) is 39.9. The lowest BCUT2D eigenvalue weighted by Crippen LogP contribution is -2.60. The average Bonchev–Trinajstić information content (AvgIpc) is 3.25. The van der Waals surface area contributed by atoms with Gasteiger partial charge in [0.1, 0.15) is 30.5 Å². The first kappa shape index (κ1) is 56.1. The summed E-state index contributed by atoms with van der Waals surface area (Å²) < 4.78 is 11.1. The van der Waals surface area contributed by atoms with E-state index >= 15 is 0 Å². The third-order valence-electron chi connectivity index (χ3n) is 11.5. The number of allylic oxidation sites excluding steroid dienone is 7. The second-order valence-electron chi connectivity index (χ2n) is 17.1. The van der Waals surface area contributed by atoms with Crippen LogP contribution in [0.15, 0.2) is 48.6 Å². The standard InChI is InChI=1S/C50H91NO9/c1-3-5-7-9-11-13-15-17-18-19-20-21-22-23-24-25-27-29-31-33-35-37-39-44(54)49(58)51-42(41-59-50-48(57)47(56)46(55)45(40-52)60-50)43(53)38-36-34-32-30-28-26-16-14-12-10-8-6-4-2/h16-18,26,28,30,36,38,42-48,50,52-57H,3-15,19-25,27,29,31-35,37,39-41H2,1-2H3,(H,51,58)/b18-17-,26-16+,30-28+,38-36+/t42-,43+,44+,45+,46+,47-,48+,50+/m0/s1. The molecule has 0 aromatic carbocycles. The monoisotopic (exact) mass is 850 g/mol. The average molecular weight is 850 g/mol. The Hall–Kier alpha value is -1.89. The fraction of sp³-hybridized carbons (Fsp3) is 0.820. The molecule has 0 aromatic heterocycles. The van der Waals surface area contributed by atoms with Crippen LogP contribution in [0.5, 0.6) is 0 Å². The van der Waals surface area contributed by atoms with Crippen LogP contribution in [0, 0.1) is 0 Å². The molecule has 1 aliphatic rings. The summed E-state index contributed by atoms with van der Waals surface area (Å²) in [5, 5.41) is 64.6. The Morgan fingerprint density at radius 1 is 0.583 bits per heavy atom. The van der Waals surface area contributed by atoms with E-state index in [1.807, 2.05) is 12.2 Å². The third kappa shape index (κ3) is 29.4. The van der Waals surface area contributed by atoms with Gasteiger partial charge in [-0.3, -0.25) is 4.79 Å². The van der Waals surface area contributed by atoms with Crippen LogP contribution in [-0.2, 0) is 14.3 Å². The van der Waals surface area contributed by atoms with Crippen LogP contribution >= 0.6 is 0 Å². The van der Waals surface area contributed by atoms with E-state index in [9.17, 15) is 35.4 Å². The Morgan fingerprint density at radius 2 is 1.03 bits per heavy atom. The minimum Gasteiger partial charge on any atom is -0.394 e. The molecule has 350 valence electrons. The highest BCUT2D eigenvalue weighted by atomic mass is 16.7. The normalized spacial score (nSPS) is 21.5. The first-order chi connectivity index (χ1) is 29.3. The van der Waals surface area contributed by atoms with E-state index in [1.165, 1.54) is 135 Å². The predicted octanol–water partition coefficient (Wildman–Crippen LogP) is 9.59. The zero-order valence-corrected chi connectivity index (χ0v) is 38.1. The van der Waals surface area contributed by atoms with Crippen LogP contribution in [0.2, 0.25) is 0 Å². The van der Waals surface area contributed by atoms with Gasteiger partial charge in [0, 0.05) is 0 Å². The number of aliphatic hydroxyl groups excluding tert-OH is 6. The van der Waals surface area contributed by atoms with Crippen LogP contribution in [0.4, 0.5) is 0 Å². The first-order valence-corrected chi connectivity index (χ1v) is 24.5. The molecular formula is C50H91NO9. The number of nitrogens with one attached hydrogen (secondary N) is 1. The predicted molar refractivity (Wildman–Crippen MR) is 245 cm³/mol. The van der Waals surface area contributed by atoms with E-state index in [0.29, 0.717) is 19.3 Å². The molecule has 8 atom stereocenters. The summed E-state index contributed by atoms with van der Waals surface area (Å²) in [4.78, 5) is 13.0. The first-order valence-electron chi connectivity index (χ1n) is 24.5. The molecule has 0 bridgehead atoms. The smallest absolute Gasteiger partial charge is 0.249 e. The third-order valence-corrected chi connectivity index (χ3v) is 11.5. The van der Waals surface area contributed by atoms with E-state index in [-0.39, 0.29) is 6.61 Å². The largest absolute Gasteiger partial charge is 0.394 e. The van der Waals surface area contributed by atoms with Gasteiger partial charge in [-0.25, -0.2) is 0 Å². The number of unbranched alkanes of at least 4 members (excludes halogenated alkanes) is 24. The molecule has 0 spiro atoms. The van der Waals surface area contributed by atoms with Crippen LogP contribution < -0.4 is 5.32 Å². The number of rotatable bonds is 40. The van der Waals surface area contributed by atoms with Crippen molar-refractivity contribution in [3.63, 3.8) is 0 Å². The lowest BCUT2D eigenvalue weighted by atomic mass is 9.99. The van der Waals surface area contributed by atoms with Gasteiger partial charge in [-0.2, -0.15) is 0 Å². The molecule has 1 amide bonds. The number of carbonyl (C=O) groups is 1. The Morgan fingerprint density at radius 3 is 1.55 bits per heavy atom. The second-order valence-corrected chi connectivity index (χ2v) is 17.1. The van der Waals surface area contributed by atoms with Crippen molar-refractivity contribution in [3.8, 4) is 0 Å². The van der Waals surface area contributed by atoms with Gasteiger partial charge >= 0.3 is 0 Å². The zero-order valence-electron chi connectivity index (χ0n) is 38.1. The number of amides is 1. The molecule has 7 N–H and O–H groups in total. The summed E-state index contributed by atoms with van der Waals surface area (Å²) >= 11 is 0. The molecule has 1 fully saturated rings. The van der Waals surface area contributed by atoms with Crippen LogP contribution in [0.25, 0.3) is 0 Å². The summed E-state index contributed by atoms with van der Waals surface area (Å²) in [7, 11) is 0. The van der Waals surface area contributed by atoms with Crippen LogP contribution in [-0.4, -0.2) is 98.7 Å². The lowest BCUT2D eigenvalue weighted by molar-refractivity contribution is -0.302. The molecule has 1 rings (SSSR count). The SMILES string of the molecule is CCCCCCC/C=C/C=C/CC/C=C/[C@@H](O)[C@H](CO[C@@H]1O[C@H](CO)[C@@H](O)[C@H](O)[C@H]1O)NC(=O)[C@H](O)CCCCCCCCCCCCCC/C=C\CCCCCCCC. The summed E-state index contributed by atoms with van der Waals surface area (Å²) in [5.74, 6) is -0.634. The number of hydrogen-bond acceptors (Lipinski definition) is 9. The molecule has 1 saturated heterocycles. The van der Waals surface area contributed by atoms with E-state index in [2.05, 4.69) is 49.5 Å². The maximum Gasteiger partial charge on any atom is 0.249 e. The van der Waals surface area contributed by atoms with Crippen LogP contribution in [0.1, 0.15) is 200 Å². The van der Waals surface area contributed by atoms with E-state index in [1.54, 1.807) is 6.08 Å². The molecule has 1 heterocycles. The number of aliphatic hydroxyl groups is 6. The lowest BCUT2D eigenvalue weighted by Gasteiger charge is -2.40. The molecule has 0 aliphatic carbocycles. The Bertz CT molecular complexity index is 1100. The molecular weight excluding hydrogens is 759 g/mol. The van der Waals surface area contributed by atoms with Gasteiger partial charge in [-0.15, -0.1) is 0 Å². The van der Waals surface area contributed by atoms with Gasteiger partial charge < -0.3 is 45.4 Å². The van der Waals surface area contributed by atoms with Crippen molar-refractivity contribution < 1.29 is 44.9 Å². The van der Waals surface area contributed by atoms with Crippen molar-refractivity contribution in [1.82, 2.24) is 5.32 Å². The van der Waals surface area contributed by atoms with E-state index < -0.39 is 61.5 Å². The zero-order chi connectivity index (χ0) is 43.9. The van der Waals surface area contributed by atoms with Crippen molar-refractivity contribution in [2.45, 2.75) is 249 Å². The molecule has 10 nitrogen and oxygen atoms in total. The highest BCUT2D eigenvalue weighted by Crippen LogP contribution is 2.23. The summed E-state index contributed by atoms with van der Waals surface area (Å²) in [6, 6.07) is -1.01. The van der Waals surface area contributed by atoms with Gasteiger partial charge in [-0.1, -0.05) is 191 Å². The minimum atomic E-state index is -1.62. The van der Waals surface area contributed by atoms with Gasteiger partial charge in [0.2, 0.25) is 5.91 Å². The van der Waals surface area contributed by atoms with Crippen molar-refractivity contribution in [1.29, 1.82) is 0 Å². The highest BCUT2D eigenvalue weighted by Gasteiger charge is 2.44. The number of hydrogen-bond donors (Lipinski definition) is 7. The fourth-order valence-electron chi connectivity index (χ4n) is 7.46. The number of carbonyl (C=O) groups excluding carboxylic acids is 1.